The SMILES string of the molecule is Cc1ncc([N+](=O)[O-])n1CC(C)CCl. The molecular weight excluding hydrogens is 206 g/mol. The number of nitrogens with zero attached hydrogens (tertiary/aromatic N) is 3. The van der Waals surface area contributed by atoms with Gasteiger partial charge in [0.15, 0.2) is 5.82 Å². The minimum Gasteiger partial charge on any atom is -0.358 e. The van der Waals surface area contributed by atoms with Gasteiger partial charge in [0.05, 0.1) is 6.54 Å². The monoisotopic (exact) mass is 217 g/mol. The molecule has 0 bridgehead atoms. The molecule has 1 atom stereocenters. The Balaban J connectivity index is 2.93. The van der Waals surface area contributed by atoms with E-state index in [1.165, 1.54) is 6.20 Å². The quantitative estimate of drug-likeness (QED) is 0.440. The lowest BCUT2D eigenvalue weighted by Gasteiger charge is -2.06. The van der Waals surface area contributed by atoms with Crippen molar-refractivity contribution in [3.05, 3.63) is 22.1 Å². The van der Waals surface area contributed by atoms with E-state index in [0.29, 0.717) is 18.2 Å². The minimum absolute atomic E-state index is 0.0273. The second kappa shape index (κ2) is 4.41. The van der Waals surface area contributed by atoms with Crippen molar-refractivity contribution >= 4 is 17.4 Å². The largest absolute Gasteiger partial charge is 0.358 e. The number of alkyl halides is 1. The number of nitro groups is 1. The third-order valence-electron chi connectivity index (χ3n) is 1.98. The molecule has 14 heavy (non-hydrogen) atoms. The topological polar surface area (TPSA) is 61.0 Å². The Bertz CT molecular complexity index is 337. The second-order valence-electron chi connectivity index (χ2n) is 3.29. The lowest BCUT2D eigenvalue weighted by molar-refractivity contribution is -0.392. The summed E-state index contributed by atoms with van der Waals surface area (Å²) in [5, 5.41) is 10.6. The standard InChI is InChI=1S/C8H12ClN3O2/c1-6(3-9)5-11-7(2)10-4-8(11)12(13)14/h4,6H,3,5H2,1-2H3. The zero-order valence-electron chi connectivity index (χ0n) is 8.11. The zero-order valence-corrected chi connectivity index (χ0v) is 8.86. The van der Waals surface area contributed by atoms with Crippen LogP contribution in [0.2, 0.25) is 0 Å². The molecule has 6 heteroatoms. The van der Waals surface area contributed by atoms with Crippen LogP contribution in [0.4, 0.5) is 5.82 Å². The minimum atomic E-state index is -0.430. The Labute approximate surface area is 86.9 Å². The fourth-order valence-corrected chi connectivity index (χ4v) is 1.29. The number of imidazole rings is 1. The first-order valence-electron chi connectivity index (χ1n) is 4.28. The van der Waals surface area contributed by atoms with E-state index in [0.717, 1.165) is 0 Å². The second-order valence-corrected chi connectivity index (χ2v) is 3.60. The third kappa shape index (κ3) is 2.23. The summed E-state index contributed by atoms with van der Waals surface area (Å²) >= 11 is 5.65. The average Bonchev–Trinajstić information content (AvgIpc) is 2.48. The molecule has 0 aliphatic heterocycles. The van der Waals surface area contributed by atoms with E-state index >= 15 is 0 Å². The fraction of sp³-hybridized carbons (Fsp3) is 0.625. The van der Waals surface area contributed by atoms with Crippen LogP contribution in [0.15, 0.2) is 6.20 Å². The molecule has 0 spiro atoms. The van der Waals surface area contributed by atoms with Crippen LogP contribution in [0.25, 0.3) is 0 Å². The first-order valence-corrected chi connectivity index (χ1v) is 4.82. The Morgan fingerprint density at radius 3 is 2.93 bits per heavy atom. The van der Waals surface area contributed by atoms with Gasteiger partial charge < -0.3 is 10.1 Å². The van der Waals surface area contributed by atoms with E-state index < -0.39 is 4.92 Å². The Morgan fingerprint density at radius 1 is 1.79 bits per heavy atom. The van der Waals surface area contributed by atoms with Gasteiger partial charge in [-0.15, -0.1) is 11.6 Å². The van der Waals surface area contributed by atoms with Crippen LogP contribution in [0.1, 0.15) is 12.7 Å². The fourth-order valence-electron chi connectivity index (χ4n) is 1.19. The van der Waals surface area contributed by atoms with Gasteiger partial charge in [0.2, 0.25) is 0 Å². The number of halogens is 1. The molecule has 5 nitrogen and oxygen atoms in total. The predicted octanol–water partition coefficient (Wildman–Crippen LogP) is 1.97. The highest BCUT2D eigenvalue weighted by atomic mass is 35.5. The first kappa shape index (κ1) is 11.0. The van der Waals surface area contributed by atoms with Crippen molar-refractivity contribution in [3.8, 4) is 0 Å². The van der Waals surface area contributed by atoms with Crippen LogP contribution in [0.3, 0.4) is 0 Å². The maximum atomic E-state index is 10.6. The molecule has 1 aromatic heterocycles. The van der Waals surface area contributed by atoms with Gasteiger partial charge in [0.1, 0.15) is 6.20 Å². The molecule has 0 aliphatic rings. The van der Waals surface area contributed by atoms with Gasteiger partial charge in [-0.05, 0) is 4.92 Å². The summed E-state index contributed by atoms with van der Waals surface area (Å²) in [5.74, 6) is 1.35. The van der Waals surface area contributed by atoms with E-state index in [2.05, 4.69) is 4.98 Å². The molecule has 0 amide bonds. The molecule has 0 saturated heterocycles. The van der Waals surface area contributed by atoms with Crippen molar-refractivity contribution in [2.45, 2.75) is 20.4 Å². The lowest BCUT2D eigenvalue weighted by Crippen LogP contribution is -2.12. The summed E-state index contributed by atoms with van der Waals surface area (Å²) in [4.78, 5) is 14.1. The molecule has 0 aliphatic carbocycles. The van der Waals surface area contributed by atoms with Gasteiger partial charge in [0, 0.05) is 18.7 Å². The number of aryl methyl sites for hydroxylation is 1. The van der Waals surface area contributed by atoms with Crippen LogP contribution >= 0.6 is 11.6 Å². The summed E-state index contributed by atoms with van der Waals surface area (Å²) in [6.45, 7) is 4.22. The van der Waals surface area contributed by atoms with Crippen molar-refractivity contribution in [1.29, 1.82) is 0 Å². The Kier molecular flexibility index (Phi) is 3.46. The highest BCUT2D eigenvalue weighted by Gasteiger charge is 2.18. The van der Waals surface area contributed by atoms with E-state index in [9.17, 15) is 10.1 Å². The highest BCUT2D eigenvalue weighted by Crippen LogP contribution is 2.16. The highest BCUT2D eigenvalue weighted by molar-refractivity contribution is 6.18. The summed E-state index contributed by atoms with van der Waals surface area (Å²) in [7, 11) is 0. The molecule has 1 heterocycles. The molecule has 1 aromatic rings. The van der Waals surface area contributed by atoms with Crippen LogP contribution in [-0.4, -0.2) is 20.4 Å². The molecule has 1 rings (SSSR count). The first-order chi connectivity index (χ1) is 6.56. The summed E-state index contributed by atoms with van der Waals surface area (Å²) in [6, 6.07) is 0. The number of rotatable bonds is 4. The molecule has 0 aromatic carbocycles. The van der Waals surface area contributed by atoms with Crippen molar-refractivity contribution in [2.24, 2.45) is 5.92 Å². The Hall–Kier alpha value is -1.10. The molecule has 0 saturated carbocycles. The maximum absolute atomic E-state index is 10.6. The average molecular weight is 218 g/mol. The summed E-state index contributed by atoms with van der Waals surface area (Å²) < 4.78 is 1.58. The molecule has 78 valence electrons. The summed E-state index contributed by atoms with van der Waals surface area (Å²) in [5.41, 5.74) is 0. The van der Waals surface area contributed by atoms with Gasteiger partial charge in [-0.1, -0.05) is 6.92 Å². The normalized spacial score (nSPS) is 12.8. The third-order valence-corrected chi connectivity index (χ3v) is 2.51. The van der Waals surface area contributed by atoms with Crippen LogP contribution in [0.5, 0.6) is 0 Å². The lowest BCUT2D eigenvalue weighted by atomic mass is 10.2. The smallest absolute Gasteiger partial charge is 0.342 e. The maximum Gasteiger partial charge on any atom is 0.342 e. The molecular formula is C8H12ClN3O2. The van der Waals surface area contributed by atoms with Crippen molar-refractivity contribution in [2.75, 3.05) is 5.88 Å². The molecule has 0 radical (unpaired) electrons. The van der Waals surface area contributed by atoms with Gasteiger partial charge in [-0.25, -0.2) is 9.55 Å². The van der Waals surface area contributed by atoms with Gasteiger partial charge in [0.25, 0.3) is 0 Å². The van der Waals surface area contributed by atoms with E-state index in [4.69, 9.17) is 11.6 Å². The van der Waals surface area contributed by atoms with E-state index in [-0.39, 0.29) is 11.7 Å². The number of aromatic nitrogens is 2. The zero-order chi connectivity index (χ0) is 10.7. The number of hydrogen-bond acceptors (Lipinski definition) is 3. The van der Waals surface area contributed by atoms with E-state index in [1.54, 1.807) is 11.5 Å². The number of hydrogen-bond donors (Lipinski definition) is 0. The van der Waals surface area contributed by atoms with Crippen LogP contribution < -0.4 is 0 Å². The van der Waals surface area contributed by atoms with E-state index in [1.807, 2.05) is 6.92 Å². The molecule has 0 fully saturated rings. The Morgan fingerprint density at radius 2 is 2.43 bits per heavy atom. The summed E-state index contributed by atoms with van der Waals surface area (Å²) in [6.07, 6.45) is 1.27. The van der Waals surface area contributed by atoms with Gasteiger partial charge in [-0.3, -0.25) is 0 Å². The van der Waals surface area contributed by atoms with Crippen molar-refractivity contribution in [3.63, 3.8) is 0 Å². The van der Waals surface area contributed by atoms with Crippen molar-refractivity contribution < 1.29 is 4.92 Å². The molecule has 1 unspecified atom stereocenters. The molecule has 0 N–H and O–H groups in total. The van der Waals surface area contributed by atoms with Crippen molar-refractivity contribution in [1.82, 2.24) is 9.55 Å². The predicted molar refractivity (Wildman–Crippen MR) is 53.5 cm³/mol. The van der Waals surface area contributed by atoms with Gasteiger partial charge in [-0.2, -0.15) is 0 Å². The van der Waals surface area contributed by atoms with Gasteiger partial charge >= 0.3 is 5.82 Å². The van der Waals surface area contributed by atoms with Crippen LogP contribution in [0, 0.1) is 23.0 Å². The van der Waals surface area contributed by atoms with Crippen LogP contribution in [-0.2, 0) is 6.54 Å².